The van der Waals surface area contributed by atoms with Crippen LogP contribution in [0.2, 0.25) is 0 Å². The lowest BCUT2D eigenvalue weighted by molar-refractivity contribution is 0.411. The minimum Gasteiger partial charge on any atom is -0.313 e. The average molecular weight is 350 g/mol. The van der Waals surface area contributed by atoms with Gasteiger partial charge in [0.25, 0.3) is 0 Å². The number of rotatable bonds is 5. The average Bonchev–Trinajstić information content (AvgIpc) is 2.84. The highest BCUT2D eigenvalue weighted by Crippen LogP contribution is 2.30. The second-order valence-electron chi connectivity index (χ2n) is 4.88. The second-order valence-corrected chi connectivity index (χ2v) is 6.81. The van der Waals surface area contributed by atoms with Gasteiger partial charge in [-0.2, -0.15) is 11.8 Å². The molecule has 0 bridgehead atoms. The van der Waals surface area contributed by atoms with E-state index in [1.54, 1.807) is 0 Å². The van der Waals surface area contributed by atoms with E-state index in [0.29, 0.717) is 22.9 Å². The Morgan fingerprint density at radius 3 is 2.89 bits per heavy atom. The van der Waals surface area contributed by atoms with Crippen molar-refractivity contribution in [1.82, 2.24) is 5.32 Å². The van der Waals surface area contributed by atoms with E-state index in [2.05, 4.69) is 28.2 Å². The fourth-order valence-corrected chi connectivity index (χ4v) is 4.18. The van der Waals surface area contributed by atoms with Gasteiger partial charge >= 0.3 is 0 Å². The number of nitrogens with one attached hydrogen (secondary N) is 1. The van der Waals surface area contributed by atoms with Crippen LogP contribution in [0.15, 0.2) is 16.6 Å². The van der Waals surface area contributed by atoms with Crippen LogP contribution in [-0.2, 0) is 6.42 Å². The Hall–Kier alpha value is -0.130. The van der Waals surface area contributed by atoms with E-state index in [0.717, 1.165) is 24.5 Å². The third-order valence-corrected chi connectivity index (χ3v) is 5.33. The van der Waals surface area contributed by atoms with Gasteiger partial charge in [-0.25, -0.2) is 8.78 Å². The molecule has 2 unspecified atom stereocenters. The Morgan fingerprint density at radius 2 is 2.16 bits per heavy atom. The monoisotopic (exact) mass is 349 g/mol. The molecular formula is C14H18BrF2NS. The van der Waals surface area contributed by atoms with Crippen LogP contribution in [0.25, 0.3) is 0 Å². The van der Waals surface area contributed by atoms with Crippen molar-refractivity contribution < 1.29 is 8.78 Å². The summed E-state index contributed by atoms with van der Waals surface area (Å²) in [6, 6.07) is 3.12. The molecule has 1 heterocycles. The molecule has 1 fully saturated rings. The minimum absolute atomic E-state index is 0.213. The van der Waals surface area contributed by atoms with Crippen molar-refractivity contribution in [1.29, 1.82) is 0 Å². The van der Waals surface area contributed by atoms with Gasteiger partial charge in [-0.05, 0) is 59.1 Å². The zero-order valence-corrected chi connectivity index (χ0v) is 13.3. The summed E-state index contributed by atoms with van der Waals surface area (Å²) in [7, 11) is 0. The Bertz CT molecular complexity index is 442. The first-order chi connectivity index (χ1) is 9.13. The third-order valence-electron chi connectivity index (χ3n) is 3.46. The van der Waals surface area contributed by atoms with Crippen LogP contribution in [0.5, 0.6) is 0 Å². The van der Waals surface area contributed by atoms with Crippen LogP contribution in [0.3, 0.4) is 0 Å². The minimum atomic E-state index is -0.453. The van der Waals surface area contributed by atoms with Gasteiger partial charge in [0.15, 0.2) is 0 Å². The Morgan fingerprint density at radius 1 is 1.37 bits per heavy atom. The van der Waals surface area contributed by atoms with Crippen molar-refractivity contribution in [3.8, 4) is 0 Å². The molecule has 2 atom stereocenters. The molecule has 0 amide bonds. The van der Waals surface area contributed by atoms with Crippen molar-refractivity contribution in [2.75, 3.05) is 18.1 Å². The van der Waals surface area contributed by atoms with Crippen molar-refractivity contribution >= 4 is 27.7 Å². The Balaban J connectivity index is 2.10. The maximum absolute atomic E-state index is 14.0. The smallest absolute Gasteiger partial charge is 0.143 e. The van der Waals surface area contributed by atoms with Crippen LogP contribution in [0, 0.1) is 17.6 Å². The summed E-state index contributed by atoms with van der Waals surface area (Å²) in [5.41, 5.74) is 0.213. The van der Waals surface area contributed by atoms with Crippen molar-refractivity contribution in [3.63, 3.8) is 0 Å². The Labute approximate surface area is 125 Å². The molecule has 1 saturated heterocycles. The van der Waals surface area contributed by atoms with Gasteiger partial charge in [0.1, 0.15) is 11.6 Å². The van der Waals surface area contributed by atoms with Gasteiger partial charge in [-0.3, -0.25) is 0 Å². The molecule has 1 aliphatic heterocycles. The summed E-state index contributed by atoms with van der Waals surface area (Å²) >= 11 is 4.98. The third kappa shape index (κ3) is 3.70. The topological polar surface area (TPSA) is 12.0 Å². The van der Waals surface area contributed by atoms with Gasteiger partial charge in [-0.15, -0.1) is 0 Å². The van der Waals surface area contributed by atoms with E-state index in [1.165, 1.54) is 12.1 Å². The van der Waals surface area contributed by atoms with E-state index < -0.39 is 11.6 Å². The summed E-state index contributed by atoms with van der Waals surface area (Å²) in [5.74, 6) is 1.40. The van der Waals surface area contributed by atoms with Crippen LogP contribution in [0.4, 0.5) is 8.78 Å². The highest BCUT2D eigenvalue weighted by molar-refractivity contribution is 9.10. The first-order valence-electron chi connectivity index (χ1n) is 6.57. The van der Waals surface area contributed by atoms with Crippen molar-refractivity contribution in [3.05, 3.63) is 33.8 Å². The molecule has 5 heteroatoms. The van der Waals surface area contributed by atoms with E-state index in [-0.39, 0.29) is 5.56 Å². The lowest BCUT2D eigenvalue weighted by Crippen LogP contribution is -2.37. The molecule has 1 aromatic carbocycles. The van der Waals surface area contributed by atoms with Gasteiger partial charge in [0.2, 0.25) is 0 Å². The first kappa shape index (κ1) is 15.3. The van der Waals surface area contributed by atoms with Gasteiger partial charge < -0.3 is 5.32 Å². The van der Waals surface area contributed by atoms with E-state index >= 15 is 0 Å². The predicted molar refractivity (Wildman–Crippen MR) is 80.7 cm³/mol. The molecule has 1 aromatic rings. The van der Waals surface area contributed by atoms with Gasteiger partial charge in [0.05, 0.1) is 4.47 Å². The van der Waals surface area contributed by atoms with Gasteiger partial charge in [0, 0.05) is 17.4 Å². The van der Waals surface area contributed by atoms with Gasteiger partial charge in [-0.1, -0.05) is 6.92 Å². The summed E-state index contributed by atoms with van der Waals surface area (Å²) in [6.45, 7) is 3.09. The summed E-state index contributed by atoms with van der Waals surface area (Å²) in [4.78, 5) is 0. The standard InChI is InChI=1S/C14H18BrF2NS/c1-2-5-18-13-8-19-7-9(13)6-10-12(16)4-3-11(15)14(10)17/h3-4,9,13,18H,2,5-8H2,1H3. The molecule has 1 aliphatic rings. The molecule has 1 nitrogen and oxygen atoms in total. The molecular weight excluding hydrogens is 332 g/mol. The molecule has 19 heavy (non-hydrogen) atoms. The van der Waals surface area contributed by atoms with Crippen LogP contribution < -0.4 is 5.32 Å². The maximum Gasteiger partial charge on any atom is 0.143 e. The first-order valence-corrected chi connectivity index (χ1v) is 8.51. The van der Waals surface area contributed by atoms with Crippen molar-refractivity contribution in [2.45, 2.75) is 25.8 Å². The molecule has 0 aliphatic carbocycles. The van der Waals surface area contributed by atoms with Crippen LogP contribution in [-0.4, -0.2) is 24.1 Å². The predicted octanol–water partition coefficient (Wildman–Crippen LogP) is 4.00. The highest BCUT2D eigenvalue weighted by Gasteiger charge is 2.29. The van der Waals surface area contributed by atoms with Crippen LogP contribution >= 0.6 is 27.7 Å². The zero-order valence-electron chi connectivity index (χ0n) is 10.9. The quantitative estimate of drug-likeness (QED) is 0.806. The molecule has 0 spiro atoms. The lowest BCUT2D eigenvalue weighted by atomic mass is 9.94. The molecule has 0 radical (unpaired) electrons. The number of halogens is 3. The van der Waals surface area contributed by atoms with Crippen molar-refractivity contribution in [2.24, 2.45) is 5.92 Å². The van der Waals surface area contributed by atoms with E-state index in [1.807, 2.05) is 11.8 Å². The molecule has 0 saturated carbocycles. The Kier molecular flexibility index (Phi) is 5.66. The van der Waals surface area contributed by atoms with E-state index in [9.17, 15) is 8.78 Å². The fourth-order valence-electron chi connectivity index (χ4n) is 2.37. The number of hydrogen-bond donors (Lipinski definition) is 1. The zero-order chi connectivity index (χ0) is 13.8. The summed E-state index contributed by atoms with van der Waals surface area (Å²) in [5, 5.41) is 3.48. The highest BCUT2D eigenvalue weighted by atomic mass is 79.9. The molecule has 2 rings (SSSR count). The molecule has 106 valence electrons. The normalized spacial score (nSPS) is 22.9. The molecule has 0 aromatic heterocycles. The second kappa shape index (κ2) is 7.04. The van der Waals surface area contributed by atoms with E-state index in [4.69, 9.17) is 0 Å². The lowest BCUT2D eigenvalue weighted by Gasteiger charge is -2.20. The largest absolute Gasteiger partial charge is 0.313 e. The number of benzene rings is 1. The summed E-state index contributed by atoms with van der Waals surface area (Å²) < 4.78 is 28.1. The van der Waals surface area contributed by atoms with Crippen LogP contribution in [0.1, 0.15) is 18.9 Å². The summed E-state index contributed by atoms with van der Waals surface area (Å²) in [6.07, 6.45) is 1.54. The molecule has 1 N–H and O–H groups in total. The number of hydrogen-bond acceptors (Lipinski definition) is 2. The fraction of sp³-hybridized carbons (Fsp3) is 0.571. The maximum atomic E-state index is 14.0. The SMILES string of the molecule is CCCNC1CSCC1Cc1c(F)ccc(Br)c1F. The number of thioether (sulfide) groups is 1.